The summed E-state index contributed by atoms with van der Waals surface area (Å²) >= 11 is 0. The van der Waals surface area contributed by atoms with Crippen molar-refractivity contribution in [2.75, 3.05) is 152 Å². The number of benzene rings is 4. The molecule has 6 N–H and O–H groups in total. The van der Waals surface area contributed by atoms with E-state index in [9.17, 15) is 84.3 Å². The van der Waals surface area contributed by atoms with Gasteiger partial charge in [-0.2, -0.15) is 51.2 Å². The number of aliphatic hydroxyl groups excluding tert-OH is 1. The molecule has 0 radical (unpaired) electrons. The SMILES string of the molecule is COCCOCCOCCOCCOCCOCC[N+]1=C(/C=C2\C(=O)C(C3=[N+](CCCC(=O)ON4C(=O)CCC4=O)c4ccc5c(S(=O)(=O)O)cc(S(=O)(=O)O)cc5c4C3(C)CCOCCOCCOCCOC)=C2O)C(C)(CCCS(=O)(=O)O)c2c1ccc1c(S(=O)(=O)O)cc(S(=O)(=O)O)cc21. The van der Waals surface area contributed by atoms with Crippen molar-refractivity contribution in [3.8, 4) is 0 Å². The molecule has 8 rings (SSSR count). The molecule has 4 aliphatic rings. The molecule has 1 saturated heterocycles. The van der Waals surface area contributed by atoms with Crippen LogP contribution in [-0.4, -0.2) is 271 Å². The Morgan fingerprint density at radius 3 is 1.34 bits per heavy atom. The van der Waals surface area contributed by atoms with Crippen LogP contribution in [0.5, 0.6) is 0 Å². The molecule has 3 aliphatic heterocycles. The first-order valence-electron chi connectivity index (χ1n) is 32.3. The van der Waals surface area contributed by atoms with Gasteiger partial charge in [-0.1, -0.05) is 0 Å². The minimum Gasteiger partial charge on any atom is -0.506 e. The normalized spacial score (nSPS) is 18.6. The monoisotopic (exact) mass is 1550 g/mol. The number of nitrogens with zero attached hydrogens (tertiary/aromatic N) is 3. The van der Waals surface area contributed by atoms with Crippen molar-refractivity contribution in [1.82, 2.24) is 5.06 Å². The number of amides is 2. The van der Waals surface area contributed by atoms with Crippen LogP contribution in [0, 0.1) is 0 Å². The third-order valence-corrected chi connectivity index (χ3v) is 21.7. The third-order valence-electron chi connectivity index (χ3n) is 17.4. The first-order valence-corrected chi connectivity index (χ1v) is 39.7. The van der Waals surface area contributed by atoms with Crippen molar-refractivity contribution >= 4 is 119 Å². The molecule has 2 amide bonds. The number of carbonyl (C=O) groups excluding carboxylic acids is 4. The summed E-state index contributed by atoms with van der Waals surface area (Å²) in [5.74, 6) is -5.16. The van der Waals surface area contributed by atoms with Crippen LogP contribution in [0.2, 0.25) is 0 Å². The fourth-order valence-corrected chi connectivity index (χ4v) is 15.9. The second-order valence-electron chi connectivity index (χ2n) is 24.3. The zero-order chi connectivity index (χ0) is 75.3. The maximum Gasteiger partial charge on any atom is 0.333 e. The maximum absolute atomic E-state index is 15.8. The molecular formula is C64H83N3O31S5+2. The predicted molar refractivity (Wildman–Crippen MR) is 361 cm³/mol. The number of hydrogen-bond donors (Lipinski definition) is 6. The largest absolute Gasteiger partial charge is 0.506 e. The minimum atomic E-state index is -5.33. The number of carbonyl (C=O) groups is 4. The molecule has 34 nitrogen and oxygen atoms in total. The molecule has 103 heavy (non-hydrogen) atoms. The molecule has 2 unspecified atom stereocenters. The van der Waals surface area contributed by atoms with Crippen LogP contribution in [0.4, 0.5) is 11.4 Å². The second-order valence-corrected chi connectivity index (χ2v) is 31.5. The van der Waals surface area contributed by atoms with E-state index in [-0.39, 0.29) is 173 Å². The number of aliphatic hydroxyl groups is 1. The minimum absolute atomic E-state index is 0.0177. The zero-order valence-corrected chi connectivity index (χ0v) is 60.8. The van der Waals surface area contributed by atoms with Crippen LogP contribution in [0.25, 0.3) is 21.5 Å². The molecule has 0 saturated carbocycles. The molecule has 1 fully saturated rings. The van der Waals surface area contributed by atoms with E-state index in [1.165, 1.54) is 49.0 Å². The quantitative estimate of drug-likeness (QED) is 0.0121. The topological polar surface area (TPSA) is 471 Å². The van der Waals surface area contributed by atoms with E-state index in [1.807, 2.05) is 0 Å². The average Bonchev–Trinajstić information content (AvgIpc) is 1.55. The second kappa shape index (κ2) is 35.2. The van der Waals surface area contributed by atoms with E-state index in [4.69, 9.17) is 52.2 Å². The van der Waals surface area contributed by atoms with Gasteiger partial charge < -0.3 is 57.3 Å². The lowest BCUT2D eigenvalue weighted by Gasteiger charge is -2.30. The Hall–Kier alpha value is -6.55. The molecule has 0 aromatic heterocycles. The highest BCUT2D eigenvalue weighted by molar-refractivity contribution is 7.87. The number of hydrogen-bond acceptors (Lipinski definition) is 26. The standard InChI is InChI=1S/C64H81N3O31S5/c1-63(14-6-36-99(73,74)75)53(65(17-19-91-25-27-95-32-33-97-35-34-96-31-29-93-23-21-89-4)49-10-8-44-46(58(49)63)37-42(100(76,77)78)39-51(44)102(82,83)84)41-48-60(71)57(61(48)72)62-64(2,15-18-90-24-26-94-30-28-92-22-20-88-3)59-47-38-43(101(79,80)81)40-52(103(85,86)87)45(47)9-11-50(59)66(62)16-5-7-56(70)98-67-54(68)12-13-55(67)69/h8-11,37-41H,5-7,12-36H2,1-4H3,(H4-,73,74,75,76,77,78,79,80,81,82,83,84,85,86,87)/p+2. The van der Waals surface area contributed by atoms with Crippen LogP contribution < -0.4 is 0 Å². The summed E-state index contributed by atoms with van der Waals surface area (Å²) in [7, 11) is -22.9. The van der Waals surface area contributed by atoms with Crippen LogP contribution in [-0.2, 0) is 133 Å². The Balaban J connectivity index is 1.26. The predicted octanol–water partition coefficient (Wildman–Crippen LogP) is 3.58. The van der Waals surface area contributed by atoms with E-state index in [0.29, 0.717) is 63.4 Å². The summed E-state index contributed by atoms with van der Waals surface area (Å²) in [4.78, 5) is 55.4. The van der Waals surface area contributed by atoms with Crippen LogP contribution in [0.3, 0.4) is 0 Å². The van der Waals surface area contributed by atoms with Crippen LogP contribution in [0.1, 0.15) is 69.9 Å². The van der Waals surface area contributed by atoms with Gasteiger partial charge in [-0.15, -0.1) is 5.06 Å². The summed E-state index contributed by atoms with van der Waals surface area (Å²) in [5.41, 5.74) is -4.12. The van der Waals surface area contributed by atoms with Gasteiger partial charge in [0.2, 0.25) is 22.9 Å². The third kappa shape index (κ3) is 20.1. The van der Waals surface area contributed by atoms with Gasteiger partial charge in [-0.3, -0.25) is 37.1 Å². The first kappa shape index (κ1) is 82.1. The number of Topliss-reactive ketones (excluding diaryl/α,β-unsaturated/α-hetero) is 1. The molecule has 2 atom stereocenters. The molecule has 4 aromatic carbocycles. The molecule has 0 bridgehead atoms. The summed E-state index contributed by atoms with van der Waals surface area (Å²) in [6, 6.07) is 8.13. The van der Waals surface area contributed by atoms with Gasteiger partial charge in [0.15, 0.2) is 12.3 Å². The van der Waals surface area contributed by atoms with Gasteiger partial charge in [0.25, 0.3) is 62.4 Å². The van der Waals surface area contributed by atoms with Crippen molar-refractivity contribution < 1.29 is 150 Å². The molecular weight excluding hydrogens is 1470 g/mol. The average molecular weight is 1550 g/mol. The number of rotatable bonds is 45. The number of methoxy groups -OCH3 is 2. The number of hydroxylamine groups is 2. The summed E-state index contributed by atoms with van der Waals surface area (Å²) in [6.45, 7) is 5.73. The summed E-state index contributed by atoms with van der Waals surface area (Å²) in [6.07, 6.45) is -0.889. The molecule has 3 heterocycles. The maximum atomic E-state index is 15.8. The Morgan fingerprint density at radius 2 is 0.922 bits per heavy atom. The van der Waals surface area contributed by atoms with E-state index >= 15 is 4.79 Å². The lowest BCUT2D eigenvalue weighted by atomic mass is 9.68. The fourth-order valence-electron chi connectivity index (χ4n) is 12.7. The number of allylic oxidation sites excluding steroid dienone is 3. The van der Waals surface area contributed by atoms with E-state index < -0.39 is 140 Å². The molecule has 4 aromatic rings. The van der Waals surface area contributed by atoms with Crippen molar-refractivity contribution in [3.05, 3.63) is 82.6 Å². The van der Waals surface area contributed by atoms with E-state index in [0.717, 1.165) is 12.1 Å². The number of ether oxygens (including phenoxy) is 10. The van der Waals surface area contributed by atoms with Gasteiger partial charge in [0.05, 0.1) is 144 Å². The molecule has 0 spiro atoms. The molecule has 39 heteroatoms. The van der Waals surface area contributed by atoms with Crippen molar-refractivity contribution in [3.63, 3.8) is 0 Å². The number of ketones is 1. The van der Waals surface area contributed by atoms with Crippen molar-refractivity contribution in [2.24, 2.45) is 0 Å². The first-order chi connectivity index (χ1) is 48.6. The number of imide groups is 1. The van der Waals surface area contributed by atoms with E-state index in [2.05, 4.69) is 0 Å². The van der Waals surface area contributed by atoms with Gasteiger partial charge in [-0.05, 0) is 80.3 Å². The van der Waals surface area contributed by atoms with E-state index in [1.54, 1.807) is 18.6 Å². The summed E-state index contributed by atoms with van der Waals surface area (Å²) in [5, 5.41) is 12.2. The van der Waals surface area contributed by atoms with Gasteiger partial charge in [0.1, 0.15) is 34.3 Å². The van der Waals surface area contributed by atoms with Gasteiger partial charge in [-0.25, -0.2) is 4.79 Å². The lowest BCUT2D eigenvalue weighted by molar-refractivity contribution is -0.442. The number of fused-ring (bicyclic) bond motifs is 6. The van der Waals surface area contributed by atoms with Gasteiger partial charge in [0, 0.05) is 80.2 Å². The molecule has 568 valence electrons. The Labute approximate surface area is 594 Å². The zero-order valence-electron chi connectivity index (χ0n) is 56.8. The lowest BCUT2D eigenvalue weighted by Crippen LogP contribution is -2.43. The molecule has 1 aliphatic carbocycles. The van der Waals surface area contributed by atoms with Gasteiger partial charge >= 0.3 is 5.97 Å². The highest BCUT2D eigenvalue weighted by atomic mass is 32.2. The Bertz CT molecular complexity index is 4600. The highest BCUT2D eigenvalue weighted by Crippen LogP contribution is 2.53. The van der Waals surface area contributed by atoms with Crippen LogP contribution in [0.15, 0.2) is 91.1 Å². The van der Waals surface area contributed by atoms with Crippen molar-refractivity contribution in [1.29, 1.82) is 0 Å². The summed E-state index contributed by atoms with van der Waals surface area (Å²) < 4.78 is 240. The Morgan fingerprint density at radius 1 is 0.505 bits per heavy atom. The van der Waals surface area contributed by atoms with Crippen molar-refractivity contribution in [2.45, 2.75) is 89.2 Å². The van der Waals surface area contributed by atoms with Crippen LogP contribution >= 0.6 is 0 Å². The fraction of sp³-hybridized carbons (Fsp3) is 0.531. The highest BCUT2D eigenvalue weighted by Gasteiger charge is 2.58. The Kier molecular flexibility index (Phi) is 28.1. The smallest absolute Gasteiger partial charge is 0.333 e.